The molecule has 20 heavy (non-hydrogen) atoms. The van der Waals surface area contributed by atoms with Gasteiger partial charge >= 0.3 is 0 Å². The monoisotopic (exact) mass is 277 g/mol. The summed E-state index contributed by atoms with van der Waals surface area (Å²) >= 11 is 0. The number of nitrogens with zero attached hydrogens (tertiary/aromatic N) is 1. The first kappa shape index (κ1) is 14.8. The number of hydrogen-bond acceptors (Lipinski definition) is 4. The van der Waals surface area contributed by atoms with Crippen LogP contribution in [0.1, 0.15) is 43.2 Å². The second-order valence-electron chi connectivity index (χ2n) is 5.43. The minimum Gasteiger partial charge on any atom is -0.379 e. The Morgan fingerprint density at radius 3 is 2.85 bits per heavy atom. The Labute approximate surface area is 120 Å². The summed E-state index contributed by atoms with van der Waals surface area (Å²) in [6.07, 6.45) is 1.66. The Bertz CT molecular complexity index is 482. The molecule has 0 bridgehead atoms. The highest BCUT2D eigenvalue weighted by Gasteiger charge is 2.31. The smallest absolute Gasteiger partial charge is 0.251 e. The Morgan fingerprint density at radius 2 is 2.25 bits per heavy atom. The molecule has 1 aromatic heterocycles. The van der Waals surface area contributed by atoms with Gasteiger partial charge in [-0.2, -0.15) is 0 Å². The van der Waals surface area contributed by atoms with Gasteiger partial charge in [0, 0.05) is 24.4 Å². The van der Waals surface area contributed by atoms with Gasteiger partial charge in [-0.25, -0.2) is 4.98 Å². The molecule has 1 aliphatic rings. The molecule has 1 unspecified atom stereocenters. The van der Waals surface area contributed by atoms with E-state index in [1.807, 2.05) is 26.8 Å². The van der Waals surface area contributed by atoms with Crippen LogP contribution in [-0.4, -0.2) is 36.2 Å². The number of pyridine rings is 1. The summed E-state index contributed by atoms with van der Waals surface area (Å²) in [6.45, 7) is 8.13. The average Bonchev–Trinajstić information content (AvgIpc) is 2.85. The fourth-order valence-electron chi connectivity index (χ4n) is 2.28. The first-order valence-corrected chi connectivity index (χ1v) is 7.21. The summed E-state index contributed by atoms with van der Waals surface area (Å²) in [6, 6.07) is 3.66. The van der Waals surface area contributed by atoms with Gasteiger partial charge in [-0.15, -0.1) is 0 Å². The molecule has 1 fully saturated rings. The number of ether oxygens (including phenoxy) is 1. The van der Waals surface area contributed by atoms with Crippen molar-refractivity contribution in [1.29, 1.82) is 0 Å². The lowest BCUT2D eigenvalue weighted by Gasteiger charge is -2.23. The van der Waals surface area contributed by atoms with Crippen LogP contribution in [0.2, 0.25) is 0 Å². The maximum absolute atomic E-state index is 12.4. The maximum atomic E-state index is 12.4. The van der Waals surface area contributed by atoms with E-state index in [1.54, 1.807) is 6.07 Å². The number of amides is 1. The molecule has 0 aromatic carbocycles. The van der Waals surface area contributed by atoms with Crippen LogP contribution < -0.4 is 10.6 Å². The van der Waals surface area contributed by atoms with E-state index in [1.165, 1.54) is 0 Å². The average molecular weight is 277 g/mol. The fraction of sp³-hybridized carbons (Fsp3) is 0.600. The van der Waals surface area contributed by atoms with Crippen molar-refractivity contribution in [1.82, 2.24) is 10.3 Å². The van der Waals surface area contributed by atoms with Crippen molar-refractivity contribution in [2.45, 2.75) is 39.2 Å². The first-order valence-electron chi connectivity index (χ1n) is 7.21. The van der Waals surface area contributed by atoms with Crippen LogP contribution in [-0.2, 0) is 11.2 Å². The van der Waals surface area contributed by atoms with Crippen LogP contribution >= 0.6 is 0 Å². The second-order valence-corrected chi connectivity index (χ2v) is 5.43. The van der Waals surface area contributed by atoms with Gasteiger partial charge in [0.25, 0.3) is 5.91 Å². The molecule has 0 saturated carbocycles. The molecular weight excluding hydrogens is 254 g/mol. The Kier molecular flexibility index (Phi) is 4.60. The third-order valence-electron chi connectivity index (χ3n) is 3.49. The van der Waals surface area contributed by atoms with Crippen molar-refractivity contribution in [3.8, 4) is 0 Å². The third-order valence-corrected chi connectivity index (χ3v) is 3.49. The zero-order chi connectivity index (χ0) is 14.6. The number of carbonyl (C=O) groups excluding carboxylic acids is 1. The molecule has 1 atom stereocenters. The highest BCUT2D eigenvalue weighted by Crippen LogP contribution is 2.19. The summed E-state index contributed by atoms with van der Waals surface area (Å²) in [5.41, 5.74) is 1.31. The Morgan fingerprint density at radius 1 is 1.45 bits per heavy atom. The van der Waals surface area contributed by atoms with E-state index in [0.717, 1.165) is 30.9 Å². The number of rotatable bonds is 5. The van der Waals surface area contributed by atoms with Crippen molar-refractivity contribution < 1.29 is 9.53 Å². The lowest BCUT2D eigenvalue weighted by Crippen LogP contribution is -2.46. The van der Waals surface area contributed by atoms with Crippen LogP contribution in [0.3, 0.4) is 0 Å². The summed E-state index contributed by atoms with van der Waals surface area (Å²) < 4.78 is 5.36. The number of aromatic nitrogens is 1. The normalized spacial score (nSPS) is 21.8. The van der Waals surface area contributed by atoms with Crippen LogP contribution in [0.15, 0.2) is 12.1 Å². The SMILES string of the molecule is CCNc1cc(C(=O)NC2(C)CCOC2)cc(CC)n1. The molecule has 1 aromatic rings. The maximum Gasteiger partial charge on any atom is 0.251 e. The van der Waals surface area contributed by atoms with E-state index < -0.39 is 0 Å². The molecule has 5 heteroatoms. The molecule has 1 saturated heterocycles. The summed E-state index contributed by atoms with van der Waals surface area (Å²) in [5.74, 6) is 0.694. The second kappa shape index (κ2) is 6.22. The Hall–Kier alpha value is -1.62. The van der Waals surface area contributed by atoms with Gasteiger partial charge in [0.2, 0.25) is 0 Å². The van der Waals surface area contributed by atoms with Gasteiger partial charge in [-0.3, -0.25) is 4.79 Å². The molecule has 1 aliphatic heterocycles. The van der Waals surface area contributed by atoms with E-state index in [-0.39, 0.29) is 11.4 Å². The number of carbonyl (C=O) groups is 1. The molecule has 110 valence electrons. The fourth-order valence-corrected chi connectivity index (χ4v) is 2.28. The summed E-state index contributed by atoms with van der Waals surface area (Å²) in [5, 5.41) is 6.24. The van der Waals surface area contributed by atoms with Gasteiger partial charge in [-0.1, -0.05) is 6.92 Å². The van der Waals surface area contributed by atoms with Gasteiger partial charge < -0.3 is 15.4 Å². The molecule has 0 radical (unpaired) electrons. The lowest BCUT2D eigenvalue weighted by molar-refractivity contribution is 0.0889. The van der Waals surface area contributed by atoms with Crippen molar-refractivity contribution in [2.75, 3.05) is 25.1 Å². The van der Waals surface area contributed by atoms with Gasteiger partial charge in [-0.05, 0) is 38.8 Å². The number of aryl methyl sites for hydroxylation is 1. The number of hydrogen-bond donors (Lipinski definition) is 2. The largest absolute Gasteiger partial charge is 0.379 e. The van der Waals surface area contributed by atoms with Gasteiger partial charge in [0.05, 0.1) is 12.1 Å². The summed E-state index contributed by atoms with van der Waals surface area (Å²) in [7, 11) is 0. The topological polar surface area (TPSA) is 63.2 Å². The lowest BCUT2D eigenvalue weighted by atomic mass is 10.0. The molecule has 5 nitrogen and oxygen atoms in total. The predicted molar refractivity (Wildman–Crippen MR) is 79.1 cm³/mol. The first-order chi connectivity index (χ1) is 9.56. The van der Waals surface area contributed by atoms with Crippen LogP contribution in [0, 0.1) is 0 Å². The molecule has 1 amide bonds. The van der Waals surface area contributed by atoms with Gasteiger partial charge in [0.15, 0.2) is 0 Å². The summed E-state index contributed by atoms with van der Waals surface area (Å²) in [4.78, 5) is 16.9. The molecule has 2 N–H and O–H groups in total. The molecule has 2 heterocycles. The standard InChI is InChI=1S/C15H23N3O2/c1-4-12-8-11(9-13(17-12)16-5-2)14(19)18-15(3)6-7-20-10-15/h8-9H,4-7,10H2,1-3H3,(H,16,17)(H,18,19). The highest BCUT2D eigenvalue weighted by molar-refractivity contribution is 5.95. The highest BCUT2D eigenvalue weighted by atomic mass is 16.5. The van der Waals surface area contributed by atoms with Crippen LogP contribution in [0.4, 0.5) is 5.82 Å². The molecule has 2 rings (SSSR count). The Balaban J connectivity index is 2.17. The zero-order valence-electron chi connectivity index (χ0n) is 12.5. The van der Waals surface area contributed by atoms with Gasteiger partial charge in [0.1, 0.15) is 5.82 Å². The van der Waals surface area contributed by atoms with E-state index in [0.29, 0.717) is 18.8 Å². The molecule has 0 aliphatic carbocycles. The quantitative estimate of drug-likeness (QED) is 0.864. The van der Waals surface area contributed by atoms with E-state index in [9.17, 15) is 4.79 Å². The minimum absolute atomic E-state index is 0.0609. The third kappa shape index (κ3) is 3.48. The van der Waals surface area contributed by atoms with Crippen molar-refractivity contribution in [3.05, 3.63) is 23.4 Å². The number of anilines is 1. The van der Waals surface area contributed by atoms with Crippen LogP contribution in [0.5, 0.6) is 0 Å². The predicted octanol–water partition coefficient (Wildman–Crippen LogP) is 1.98. The van der Waals surface area contributed by atoms with Crippen LogP contribution in [0.25, 0.3) is 0 Å². The molecule has 0 spiro atoms. The minimum atomic E-state index is -0.259. The van der Waals surface area contributed by atoms with Crippen molar-refractivity contribution in [2.24, 2.45) is 0 Å². The van der Waals surface area contributed by atoms with Crippen molar-refractivity contribution >= 4 is 11.7 Å². The zero-order valence-corrected chi connectivity index (χ0v) is 12.5. The van der Waals surface area contributed by atoms with E-state index >= 15 is 0 Å². The van der Waals surface area contributed by atoms with E-state index in [4.69, 9.17) is 4.74 Å². The van der Waals surface area contributed by atoms with E-state index in [2.05, 4.69) is 15.6 Å². The molecular formula is C15H23N3O2. The number of nitrogens with one attached hydrogen (secondary N) is 2. The van der Waals surface area contributed by atoms with Crippen molar-refractivity contribution in [3.63, 3.8) is 0 Å².